The number of rotatable bonds is 6. The first kappa shape index (κ1) is 21.6. The largest absolute Gasteiger partial charge is 0.497 e. The normalized spacial score (nSPS) is 15.3. The SMILES string of the molecule is CNC(=O)c1cn(C2CCCCC2)cc(C(=O)N[C@H](C)c2cccc(OC)c2)c1=O. The minimum Gasteiger partial charge on any atom is -0.497 e. The van der Waals surface area contributed by atoms with E-state index >= 15 is 0 Å². The van der Waals surface area contributed by atoms with E-state index in [1.165, 1.54) is 13.5 Å². The maximum atomic E-state index is 13.0. The minimum absolute atomic E-state index is 0.00948. The summed E-state index contributed by atoms with van der Waals surface area (Å²) < 4.78 is 7.11. The number of benzene rings is 1. The number of pyridine rings is 1. The molecular formula is C23H29N3O4. The first-order valence-electron chi connectivity index (χ1n) is 10.4. The summed E-state index contributed by atoms with van der Waals surface area (Å²) in [6, 6.07) is 7.25. The molecule has 1 fully saturated rings. The highest BCUT2D eigenvalue weighted by molar-refractivity contribution is 5.99. The van der Waals surface area contributed by atoms with Gasteiger partial charge in [0.1, 0.15) is 16.9 Å². The molecule has 30 heavy (non-hydrogen) atoms. The molecule has 1 aliphatic carbocycles. The Morgan fingerprint density at radius 1 is 1.10 bits per heavy atom. The zero-order valence-electron chi connectivity index (χ0n) is 17.7. The van der Waals surface area contributed by atoms with E-state index in [0.29, 0.717) is 5.75 Å². The van der Waals surface area contributed by atoms with Crippen LogP contribution in [0.15, 0.2) is 41.5 Å². The summed E-state index contributed by atoms with van der Waals surface area (Å²) in [6.07, 6.45) is 8.50. The molecule has 0 aliphatic heterocycles. The second kappa shape index (κ2) is 9.61. The third-order valence-electron chi connectivity index (χ3n) is 5.70. The van der Waals surface area contributed by atoms with Crippen molar-refractivity contribution in [3.05, 3.63) is 63.6 Å². The van der Waals surface area contributed by atoms with Gasteiger partial charge in [-0.05, 0) is 37.5 Å². The minimum atomic E-state index is -0.559. The summed E-state index contributed by atoms with van der Waals surface area (Å²) in [5.74, 6) is -0.291. The van der Waals surface area contributed by atoms with Gasteiger partial charge in [0.15, 0.2) is 0 Å². The monoisotopic (exact) mass is 411 g/mol. The van der Waals surface area contributed by atoms with Crippen molar-refractivity contribution in [2.45, 2.75) is 51.1 Å². The van der Waals surface area contributed by atoms with Crippen LogP contribution in [0.2, 0.25) is 0 Å². The Labute approximate surface area is 176 Å². The number of ether oxygens (including phenoxy) is 1. The molecule has 1 aromatic heterocycles. The number of nitrogens with one attached hydrogen (secondary N) is 2. The Bertz CT molecular complexity index is 977. The quantitative estimate of drug-likeness (QED) is 0.764. The first-order valence-corrected chi connectivity index (χ1v) is 10.4. The molecule has 2 N–H and O–H groups in total. The van der Waals surface area contributed by atoms with Crippen LogP contribution >= 0.6 is 0 Å². The molecule has 2 amide bonds. The van der Waals surface area contributed by atoms with Crippen molar-refractivity contribution in [2.75, 3.05) is 14.2 Å². The van der Waals surface area contributed by atoms with Gasteiger partial charge in [0, 0.05) is 25.5 Å². The van der Waals surface area contributed by atoms with E-state index in [2.05, 4.69) is 10.6 Å². The van der Waals surface area contributed by atoms with Crippen molar-refractivity contribution >= 4 is 11.8 Å². The molecule has 3 rings (SSSR count). The predicted molar refractivity (Wildman–Crippen MR) is 115 cm³/mol. The van der Waals surface area contributed by atoms with Crippen molar-refractivity contribution < 1.29 is 14.3 Å². The highest BCUT2D eigenvalue weighted by atomic mass is 16.5. The fourth-order valence-electron chi connectivity index (χ4n) is 3.91. The molecule has 0 radical (unpaired) electrons. The van der Waals surface area contributed by atoms with E-state index in [0.717, 1.165) is 31.2 Å². The van der Waals surface area contributed by atoms with Crippen LogP contribution in [0.1, 0.15) is 77.4 Å². The van der Waals surface area contributed by atoms with Gasteiger partial charge >= 0.3 is 0 Å². The summed E-state index contributed by atoms with van der Waals surface area (Å²) in [5, 5.41) is 5.38. The second-order valence-corrected chi connectivity index (χ2v) is 7.70. The van der Waals surface area contributed by atoms with Crippen LogP contribution in [-0.4, -0.2) is 30.5 Å². The van der Waals surface area contributed by atoms with E-state index in [9.17, 15) is 14.4 Å². The maximum Gasteiger partial charge on any atom is 0.257 e. The van der Waals surface area contributed by atoms with E-state index in [1.807, 2.05) is 35.8 Å². The highest BCUT2D eigenvalue weighted by Crippen LogP contribution is 2.28. The van der Waals surface area contributed by atoms with Crippen LogP contribution < -0.4 is 20.8 Å². The lowest BCUT2D eigenvalue weighted by atomic mass is 9.95. The van der Waals surface area contributed by atoms with Gasteiger partial charge in [0.2, 0.25) is 5.43 Å². The highest BCUT2D eigenvalue weighted by Gasteiger charge is 2.23. The summed E-state index contributed by atoms with van der Waals surface area (Å²) in [4.78, 5) is 38.2. The number of aromatic nitrogens is 1. The predicted octanol–water partition coefficient (Wildman–Crippen LogP) is 3.21. The van der Waals surface area contributed by atoms with Gasteiger partial charge < -0.3 is 19.9 Å². The fraction of sp³-hybridized carbons (Fsp3) is 0.435. The molecule has 1 saturated carbocycles. The molecule has 0 saturated heterocycles. The van der Waals surface area contributed by atoms with Crippen molar-refractivity contribution in [1.29, 1.82) is 0 Å². The number of nitrogens with zero attached hydrogens (tertiary/aromatic N) is 1. The third-order valence-corrected chi connectivity index (χ3v) is 5.70. The van der Waals surface area contributed by atoms with Crippen LogP contribution in [0, 0.1) is 0 Å². The standard InChI is InChI=1S/C23H29N3O4/c1-15(16-8-7-11-18(12-16)30-3)25-23(29)20-14-26(17-9-5-4-6-10-17)13-19(21(20)27)22(28)24-2/h7-8,11-15,17H,4-6,9-10H2,1-3H3,(H,24,28)(H,25,29)/t15-/m1/s1. The molecule has 0 unspecified atom stereocenters. The van der Waals surface area contributed by atoms with E-state index in [-0.39, 0.29) is 23.2 Å². The van der Waals surface area contributed by atoms with Gasteiger partial charge in [-0.15, -0.1) is 0 Å². The van der Waals surface area contributed by atoms with E-state index in [4.69, 9.17) is 4.74 Å². The lowest BCUT2D eigenvalue weighted by Crippen LogP contribution is -2.36. The van der Waals surface area contributed by atoms with Crippen molar-refractivity contribution in [2.24, 2.45) is 0 Å². The molecule has 0 bridgehead atoms. The van der Waals surface area contributed by atoms with E-state index in [1.54, 1.807) is 19.5 Å². The Hall–Kier alpha value is -3.09. The molecule has 7 nitrogen and oxygen atoms in total. The molecule has 1 aliphatic rings. The van der Waals surface area contributed by atoms with Gasteiger partial charge in [-0.3, -0.25) is 14.4 Å². The summed E-state index contributed by atoms with van der Waals surface area (Å²) >= 11 is 0. The fourth-order valence-corrected chi connectivity index (χ4v) is 3.91. The summed E-state index contributed by atoms with van der Waals surface area (Å²) in [6.45, 7) is 1.84. The molecule has 160 valence electrons. The van der Waals surface area contributed by atoms with Gasteiger partial charge in [0.05, 0.1) is 13.2 Å². The Morgan fingerprint density at radius 3 is 2.40 bits per heavy atom. The third kappa shape index (κ3) is 4.72. The molecule has 0 spiro atoms. The Kier molecular flexibility index (Phi) is 6.92. The zero-order chi connectivity index (χ0) is 21.7. The first-order chi connectivity index (χ1) is 14.4. The second-order valence-electron chi connectivity index (χ2n) is 7.70. The zero-order valence-corrected chi connectivity index (χ0v) is 17.7. The Morgan fingerprint density at radius 2 is 1.77 bits per heavy atom. The van der Waals surface area contributed by atoms with Crippen LogP contribution in [-0.2, 0) is 0 Å². The number of methoxy groups -OCH3 is 1. The van der Waals surface area contributed by atoms with Crippen LogP contribution in [0.5, 0.6) is 5.75 Å². The van der Waals surface area contributed by atoms with Crippen LogP contribution in [0.3, 0.4) is 0 Å². The average molecular weight is 412 g/mol. The number of carbonyl (C=O) groups excluding carboxylic acids is 2. The molecule has 1 atom stereocenters. The van der Waals surface area contributed by atoms with Crippen molar-refractivity contribution in [3.8, 4) is 5.75 Å². The maximum absolute atomic E-state index is 13.0. The van der Waals surface area contributed by atoms with E-state index < -0.39 is 17.2 Å². The van der Waals surface area contributed by atoms with Gasteiger partial charge in [0.25, 0.3) is 11.8 Å². The number of hydrogen-bond acceptors (Lipinski definition) is 4. The number of carbonyl (C=O) groups is 2. The summed E-state index contributed by atoms with van der Waals surface area (Å²) in [7, 11) is 3.06. The molecule has 7 heteroatoms. The molecular weight excluding hydrogens is 382 g/mol. The lowest BCUT2D eigenvalue weighted by molar-refractivity contribution is 0.0937. The topological polar surface area (TPSA) is 89.4 Å². The lowest BCUT2D eigenvalue weighted by Gasteiger charge is -2.25. The molecule has 1 aromatic carbocycles. The van der Waals surface area contributed by atoms with Crippen molar-refractivity contribution in [3.63, 3.8) is 0 Å². The number of amides is 2. The van der Waals surface area contributed by atoms with Gasteiger partial charge in [-0.1, -0.05) is 31.4 Å². The smallest absolute Gasteiger partial charge is 0.257 e. The Balaban J connectivity index is 1.93. The van der Waals surface area contributed by atoms with Crippen LogP contribution in [0.4, 0.5) is 0 Å². The van der Waals surface area contributed by atoms with Crippen molar-refractivity contribution in [1.82, 2.24) is 15.2 Å². The molecule has 2 aromatic rings. The van der Waals surface area contributed by atoms with Gasteiger partial charge in [-0.2, -0.15) is 0 Å². The van der Waals surface area contributed by atoms with Crippen LogP contribution in [0.25, 0.3) is 0 Å². The molecule has 1 heterocycles. The summed E-state index contributed by atoms with van der Waals surface area (Å²) in [5.41, 5.74) is 0.274. The average Bonchev–Trinajstić information content (AvgIpc) is 2.79. The number of hydrogen-bond donors (Lipinski definition) is 2. The van der Waals surface area contributed by atoms with Gasteiger partial charge in [-0.25, -0.2) is 0 Å².